The van der Waals surface area contributed by atoms with Gasteiger partial charge in [-0.25, -0.2) is 0 Å². The van der Waals surface area contributed by atoms with Gasteiger partial charge in [0.1, 0.15) is 6.04 Å². The zero-order valence-electron chi connectivity index (χ0n) is 34.6. The molecule has 2 aromatic carbocycles. The third kappa shape index (κ3) is 10.8. The number of unbranched alkanes of at least 4 members (excludes halogenated alkanes) is 2. The SMILES string of the molecule is O=C(/C=C/c1cccnc1)NCCCCC1CCN(C(=O)c2ccc(C3CCN(C(=O)CCCCNc4cccc5c4C(=O)N(C4CCC(=O)NC4=O)C5=O)CC3)cc2)CC1. The molecule has 61 heavy (non-hydrogen) atoms. The van der Waals surface area contributed by atoms with Crippen LogP contribution < -0.4 is 16.0 Å². The van der Waals surface area contributed by atoms with E-state index in [1.807, 2.05) is 34.1 Å². The fourth-order valence-electron chi connectivity index (χ4n) is 8.89. The first kappa shape index (κ1) is 42.9. The molecule has 4 aliphatic rings. The number of carbonyl (C=O) groups is 7. The van der Waals surface area contributed by atoms with Crippen LogP contribution in [0.5, 0.6) is 0 Å². The summed E-state index contributed by atoms with van der Waals surface area (Å²) in [6.07, 6.45) is 15.4. The number of nitrogens with zero attached hydrogens (tertiary/aromatic N) is 4. The first-order chi connectivity index (χ1) is 29.7. The van der Waals surface area contributed by atoms with E-state index in [1.165, 1.54) is 11.6 Å². The van der Waals surface area contributed by atoms with Crippen LogP contribution in [0.2, 0.25) is 0 Å². The molecule has 1 aromatic heterocycles. The summed E-state index contributed by atoms with van der Waals surface area (Å²) in [5, 5.41) is 8.41. The summed E-state index contributed by atoms with van der Waals surface area (Å²) in [6, 6.07) is 15.7. The Morgan fingerprint density at radius 3 is 2.28 bits per heavy atom. The Morgan fingerprint density at radius 1 is 0.787 bits per heavy atom. The summed E-state index contributed by atoms with van der Waals surface area (Å²) in [6.45, 7) is 4.04. The highest BCUT2D eigenvalue weighted by Gasteiger charge is 2.45. The number of fused-ring (bicyclic) bond motifs is 1. The maximum Gasteiger partial charge on any atom is 0.264 e. The minimum atomic E-state index is -1.02. The van der Waals surface area contributed by atoms with Crippen molar-refractivity contribution >= 4 is 53.1 Å². The normalized spacial score (nSPS) is 18.7. The number of rotatable bonds is 16. The Balaban J connectivity index is 0.761. The number of pyridine rings is 1. The molecule has 5 heterocycles. The van der Waals surface area contributed by atoms with Crippen LogP contribution in [-0.2, 0) is 19.2 Å². The topological polar surface area (TPSA) is 178 Å². The van der Waals surface area contributed by atoms with Crippen molar-refractivity contribution in [3.8, 4) is 0 Å². The van der Waals surface area contributed by atoms with Crippen LogP contribution in [0.3, 0.4) is 0 Å². The summed E-state index contributed by atoms with van der Waals surface area (Å²) in [7, 11) is 0. The average Bonchev–Trinajstić information content (AvgIpc) is 3.54. The number of amides is 7. The van der Waals surface area contributed by atoms with Gasteiger partial charge in [0.05, 0.1) is 11.1 Å². The lowest BCUT2D eigenvalue weighted by Gasteiger charge is -2.33. The molecule has 0 radical (unpaired) electrons. The largest absolute Gasteiger partial charge is 0.384 e. The number of anilines is 1. The summed E-state index contributed by atoms with van der Waals surface area (Å²) in [5.41, 5.74) is 3.76. The molecule has 3 saturated heterocycles. The van der Waals surface area contributed by atoms with E-state index >= 15 is 0 Å². The fraction of sp³-hybridized carbons (Fsp3) is 0.447. The van der Waals surface area contributed by atoms with Crippen molar-refractivity contribution in [2.75, 3.05) is 44.6 Å². The molecule has 0 aliphatic carbocycles. The van der Waals surface area contributed by atoms with Crippen LogP contribution in [0.15, 0.2) is 73.1 Å². The Morgan fingerprint density at radius 2 is 1.54 bits per heavy atom. The molecule has 7 rings (SSSR count). The van der Waals surface area contributed by atoms with Crippen molar-refractivity contribution in [1.29, 1.82) is 0 Å². The zero-order chi connectivity index (χ0) is 42.7. The van der Waals surface area contributed by atoms with Crippen LogP contribution in [0.1, 0.15) is 125 Å². The van der Waals surface area contributed by atoms with Crippen molar-refractivity contribution in [3.05, 3.63) is 101 Å². The monoisotopic (exact) mass is 829 g/mol. The average molecular weight is 830 g/mol. The lowest BCUT2D eigenvalue weighted by molar-refractivity contribution is -0.136. The maximum atomic E-state index is 13.4. The number of hydrogen-bond donors (Lipinski definition) is 3. The van der Waals surface area contributed by atoms with Gasteiger partial charge in [-0.1, -0.05) is 37.1 Å². The Kier molecular flexibility index (Phi) is 14.3. The van der Waals surface area contributed by atoms with Gasteiger partial charge in [-0.05, 0) is 111 Å². The minimum absolute atomic E-state index is 0.0615. The highest BCUT2D eigenvalue weighted by Crippen LogP contribution is 2.33. The second-order valence-corrected chi connectivity index (χ2v) is 16.5. The van der Waals surface area contributed by atoms with Crippen LogP contribution in [0.25, 0.3) is 6.08 Å². The second kappa shape index (κ2) is 20.4. The van der Waals surface area contributed by atoms with Crippen molar-refractivity contribution in [2.24, 2.45) is 5.92 Å². The van der Waals surface area contributed by atoms with Crippen molar-refractivity contribution in [2.45, 2.75) is 89.0 Å². The Labute approximate surface area is 356 Å². The van der Waals surface area contributed by atoms with Gasteiger partial charge in [-0.3, -0.25) is 48.8 Å². The standard InChI is InChI=1S/C47H55N7O7/c55-40(18-12-33-8-6-24-48-31-33)50-26-3-1-7-32-20-27-53(28-21-32)45(59)36-15-13-34(14-16-36)35-22-29-52(30-23-35)42(57)11-2-4-25-49-38-10-5-9-37-43(38)47(61)54(46(37)60)39-17-19-41(56)51-44(39)58/h5-6,8-10,12-16,18,24,31-32,35,39,49H,1-4,7,11,17,19-23,25-30H2,(H,50,55)(H,51,56,58)/b18-12+. The van der Waals surface area contributed by atoms with Crippen molar-refractivity contribution in [1.82, 2.24) is 30.3 Å². The van der Waals surface area contributed by atoms with Crippen LogP contribution in [-0.4, -0.2) is 106 Å². The lowest BCUT2D eigenvalue weighted by atomic mass is 9.88. The molecule has 14 nitrogen and oxygen atoms in total. The fourth-order valence-corrected chi connectivity index (χ4v) is 8.89. The predicted octanol–water partition coefficient (Wildman–Crippen LogP) is 5.32. The van der Waals surface area contributed by atoms with Gasteiger partial charge in [-0.15, -0.1) is 0 Å². The van der Waals surface area contributed by atoms with Gasteiger partial charge in [0.15, 0.2) is 0 Å². The smallest absolute Gasteiger partial charge is 0.264 e. The molecule has 14 heteroatoms. The van der Waals surface area contributed by atoms with Crippen LogP contribution >= 0.6 is 0 Å². The Bertz CT molecular complexity index is 2120. The molecule has 0 saturated carbocycles. The number of imide groups is 2. The molecule has 0 spiro atoms. The van der Waals surface area contributed by atoms with Crippen LogP contribution in [0, 0.1) is 5.92 Å². The molecular weight excluding hydrogens is 775 g/mol. The van der Waals surface area contributed by atoms with Gasteiger partial charge in [0.2, 0.25) is 23.6 Å². The highest BCUT2D eigenvalue weighted by molar-refractivity contribution is 6.25. The number of carbonyl (C=O) groups excluding carboxylic acids is 7. The number of piperidine rings is 3. The molecule has 7 amide bonds. The summed E-state index contributed by atoms with van der Waals surface area (Å²) < 4.78 is 0. The van der Waals surface area contributed by atoms with Crippen molar-refractivity contribution in [3.63, 3.8) is 0 Å². The first-order valence-corrected chi connectivity index (χ1v) is 21.8. The summed E-state index contributed by atoms with van der Waals surface area (Å²) in [5.74, 6) is -1.13. The van der Waals surface area contributed by atoms with Gasteiger partial charge < -0.3 is 20.4 Å². The highest BCUT2D eigenvalue weighted by atomic mass is 16.2. The molecule has 0 bridgehead atoms. The van der Waals surface area contributed by atoms with Gasteiger partial charge >= 0.3 is 0 Å². The summed E-state index contributed by atoms with van der Waals surface area (Å²) in [4.78, 5) is 97.9. The third-order valence-electron chi connectivity index (χ3n) is 12.4. The van der Waals surface area contributed by atoms with E-state index in [4.69, 9.17) is 0 Å². The van der Waals surface area contributed by atoms with Gasteiger partial charge in [0, 0.05) is 81.8 Å². The quantitative estimate of drug-likeness (QED) is 0.0979. The molecular formula is C47H55N7O7. The number of aromatic nitrogens is 1. The minimum Gasteiger partial charge on any atom is -0.384 e. The van der Waals surface area contributed by atoms with Crippen LogP contribution in [0.4, 0.5) is 5.69 Å². The predicted molar refractivity (Wildman–Crippen MR) is 229 cm³/mol. The first-order valence-electron chi connectivity index (χ1n) is 21.8. The number of hydrogen-bond acceptors (Lipinski definition) is 9. The number of likely N-dealkylation sites (tertiary alicyclic amines) is 2. The zero-order valence-corrected chi connectivity index (χ0v) is 34.6. The van der Waals surface area contributed by atoms with Crippen molar-refractivity contribution < 1.29 is 33.6 Å². The van der Waals surface area contributed by atoms with Gasteiger partial charge in [-0.2, -0.15) is 0 Å². The van der Waals surface area contributed by atoms with E-state index in [9.17, 15) is 33.6 Å². The van der Waals surface area contributed by atoms with E-state index in [-0.39, 0.29) is 41.7 Å². The Hall–Kier alpha value is -6.18. The van der Waals surface area contributed by atoms with E-state index in [0.29, 0.717) is 68.5 Å². The lowest BCUT2D eigenvalue weighted by Crippen LogP contribution is -2.54. The number of nitrogens with one attached hydrogen (secondary N) is 3. The van der Waals surface area contributed by atoms with E-state index in [0.717, 1.165) is 68.5 Å². The molecule has 1 atom stereocenters. The van der Waals surface area contributed by atoms with E-state index < -0.39 is 29.7 Å². The molecule has 3 aromatic rings. The summed E-state index contributed by atoms with van der Waals surface area (Å²) >= 11 is 0. The number of benzene rings is 2. The molecule has 320 valence electrons. The molecule has 3 N–H and O–H groups in total. The second-order valence-electron chi connectivity index (χ2n) is 16.5. The third-order valence-corrected chi connectivity index (χ3v) is 12.4. The molecule has 3 fully saturated rings. The molecule has 1 unspecified atom stereocenters. The van der Waals surface area contributed by atoms with E-state index in [1.54, 1.807) is 36.7 Å². The van der Waals surface area contributed by atoms with E-state index in [2.05, 4.69) is 33.1 Å². The van der Waals surface area contributed by atoms with Gasteiger partial charge in [0.25, 0.3) is 17.7 Å². The maximum absolute atomic E-state index is 13.4. The molecule has 4 aliphatic heterocycles.